The lowest BCUT2D eigenvalue weighted by molar-refractivity contribution is 0.0326. The molecule has 1 aromatic heterocycles. The summed E-state index contributed by atoms with van der Waals surface area (Å²) in [6, 6.07) is 0. The van der Waals surface area contributed by atoms with Crippen LogP contribution in [0, 0.1) is 0 Å². The second-order valence-electron chi connectivity index (χ2n) is 6.02. The summed E-state index contributed by atoms with van der Waals surface area (Å²) in [5.74, 6) is 2.76. The van der Waals surface area contributed by atoms with E-state index in [1.54, 1.807) is 0 Å². The Bertz CT molecular complexity index is 441. The number of rotatable bonds is 3. The van der Waals surface area contributed by atoms with Crippen LogP contribution in [-0.4, -0.2) is 71.0 Å². The Labute approximate surface area is 120 Å². The van der Waals surface area contributed by atoms with E-state index in [9.17, 15) is 0 Å². The quantitative estimate of drug-likeness (QED) is 0.804. The Kier molecular flexibility index (Phi) is 4.33. The number of hydrogen-bond donors (Lipinski definition) is 0. The number of morpholine rings is 1. The fourth-order valence-electron chi connectivity index (χ4n) is 3.20. The van der Waals surface area contributed by atoms with Gasteiger partial charge in [0.15, 0.2) is 0 Å². The standard InChI is InChI=1S/C14H25N5O/c1-17-5-3-4-12(10-17)14-16-15-13(18(14)2)11-19-6-8-20-9-7-19/h12H,3-11H2,1-2H3. The first-order valence-electron chi connectivity index (χ1n) is 7.61. The van der Waals surface area contributed by atoms with E-state index in [-0.39, 0.29) is 0 Å². The van der Waals surface area contributed by atoms with Crippen LogP contribution in [0.5, 0.6) is 0 Å². The van der Waals surface area contributed by atoms with Gasteiger partial charge >= 0.3 is 0 Å². The molecule has 6 nitrogen and oxygen atoms in total. The molecule has 0 amide bonds. The van der Waals surface area contributed by atoms with Crippen molar-refractivity contribution in [2.75, 3.05) is 46.4 Å². The third-order valence-corrected chi connectivity index (χ3v) is 4.46. The van der Waals surface area contributed by atoms with Crippen LogP contribution < -0.4 is 0 Å². The summed E-state index contributed by atoms with van der Waals surface area (Å²) in [4.78, 5) is 4.79. The molecule has 0 radical (unpaired) electrons. The van der Waals surface area contributed by atoms with Gasteiger partial charge in [-0.05, 0) is 26.4 Å². The van der Waals surface area contributed by atoms with Crippen molar-refractivity contribution in [3.63, 3.8) is 0 Å². The van der Waals surface area contributed by atoms with Crippen LogP contribution in [0.4, 0.5) is 0 Å². The molecule has 3 heterocycles. The Morgan fingerprint density at radius 2 is 1.95 bits per heavy atom. The molecule has 2 aliphatic rings. The summed E-state index contributed by atoms with van der Waals surface area (Å²) in [6.45, 7) is 6.84. The van der Waals surface area contributed by atoms with E-state index >= 15 is 0 Å². The van der Waals surface area contributed by atoms with E-state index in [1.807, 2.05) is 0 Å². The highest BCUT2D eigenvalue weighted by atomic mass is 16.5. The first kappa shape index (κ1) is 14.0. The zero-order chi connectivity index (χ0) is 13.9. The third kappa shape index (κ3) is 3.02. The molecule has 1 atom stereocenters. The maximum absolute atomic E-state index is 5.39. The van der Waals surface area contributed by atoms with Gasteiger partial charge < -0.3 is 14.2 Å². The van der Waals surface area contributed by atoms with E-state index in [1.165, 1.54) is 19.4 Å². The van der Waals surface area contributed by atoms with E-state index in [0.29, 0.717) is 5.92 Å². The monoisotopic (exact) mass is 279 g/mol. The predicted molar refractivity (Wildman–Crippen MR) is 76.6 cm³/mol. The Morgan fingerprint density at radius 3 is 2.70 bits per heavy atom. The molecule has 1 aromatic rings. The number of likely N-dealkylation sites (tertiary alicyclic amines) is 1. The minimum atomic E-state index is 0.532. The molecule has 0 saturated carbocycles. The van der Waals surface area contributed by atoms with Gasteiger partial charge in [-0.1, -0.05) is 0 Å². The maximum Gasteiger partial charge on any atom is 0.146 e. The van der Waals surface area contributed by atoms with E-state index in [2.05, 4.69) is 38.7 Å². The van der Waals surface area contributed by atoms with Crippen molar-refractivity contribution in [3.05, 3.63) is 11.6 Å². The SMILES string of the molecule is CN1CCCC(c2nnc(CN3CCOCC3)n2C)C1. The van der Waals surface area contributed by atoms with Crippen LogP contribution in [0.25, 0.3) is 0 Å². The molecule has 0 spiro atoms. The zero-order valence-electron chi connectivity index (χ0n) is 12.6. The lowest BCUT2D eigenvalue weighted by Crippen LogP contribution is -2.36. The molecular weight excluding hydrogens is 254 g/mol. The highest BCUT2D eigenvalue weighted by Crippen LogP contribution is 2.25. The Hall–Kier alpha value is -0.980. The van der Waals surface area contributed by atoms with Crippen LogP contribution >= 0.6 is 0 Å². The second-order valence-corrected chi connectivity index (χ2v) is 6.02. The number of likely N-dealkylation sites (N-methyl/N-ethyl adjacent to an activating group) is 1. The smallest absolute Gasteiger partial charge is 0.146 e. The predicted octanol–water partition coefficient (Wildman–Crippen LogP) is 0.457. The molecule has 0 N–H and O–H groups in total. The van der Waals surface area contributed by atoms with E-state index in [4.69, 9.17) is 4.74 Å². The molecule has 2 saturated heterocycles. The van der Waals surface area contributed by atoms with Gasteiger partial charge in [0.1, 0.15) is 11.6 Å². The molecule has 2 fully saturated rings. The van der Waals surface area contributed by atoms with Crippen molar-refractivity contribution in [3.8, 4) is 0 Å². The maximum atomic E-state index is 5.39. The van der Waals surface area contributed by atoms with Crippen molar-refractivity contribution in [2.45, 2.75) is 25.3 Å². The van der Waals surface area contributed by atoms with Crippen molar-refractivity contribution >= 4 is 0 Å². The lowest BCUT2D eigenvalue weighted by Gasteiger charge is -2.29. The van der Waals surface area contributed by atoms with Gasteiger partial charge in [0.05, 0.1) is 19.8 Å². The first-order valence-corrected chi connectivity index (χ1v) is 7.61. The molecular formula is C14H25N5O. The van der Waals surface area contributed by atoms with Crippen molar-refractivity contribution in [1.82, 2.24) is 24.6 Å². The van der Waals surface area contributed by atoms with Gasteiger partial charge in [-0.2, -0.15) is 0 Å². The molecule has 2 aliphatic heterocycles. The van der Waals surface area contributed by atoms with Gasteiger partial charge in [0.25, 0.3) is 0 Å². The van der Waals surface area contributed by atoms with Gasteiger partial charge in [-0.15, -0.1) is 10.2 Å². The van der Waals surface area contributed by atoms with E-state index in [0.717, 1.165) is 51.0 Å². The van der Waals surface area contributed by atoms with Gasteiger partial charge in [0, 0.05) is 32.6 Å². The summed E-state index contributed by atoms with van der Waals surface area (Å²) in [6.07, 6.45) is 2.49. The summed E-state index contributed by atoms with van der Waals surface area (Å²) >= 11 is 0. The highest BCUT2D eigenvalue weighted by molar-refractivity contribution is 5.03. The molecule has 20 heavy (non-hydrogen) atoms. The Morgan fingerprint density at radius 1 is 1.15 bits per heavy atom. The average molecular weight is 279 g/mol. The zero-order valence-corrected chi connectivity index (χ0v) is 12.6. The molecule has 0 aliphatic carbocycles. The Balaban J connectivity index is 1.67. The first-order chi connectivity index (χ1) is 9.74. The number of hydrogen-bond acceptors (Lipinski definition) is 5. The van der Waals surface area contributed by atoms with Gasteiger partial charge in [-0.25, -0.2) is 0 Å². The summed E-state index contributed by atoms with van der Waals surface area (Å²) in [5.41, 5.74) is 0. The lowest BCUT2D eigenvalue weighted by atomic mass is 9.98. The van der Waals surface area contributed by atoms with Crippen molar-refractivity contribution in [2.24, 2.45) is 7.05 Å². The second kappa shape index (κ2) is 6.20. The molecule has 0 bridgehead atoms. The fourth-order valence-corrected chi connectivity index (χ4v) is 3.20. The van der Waals surface area contributed by atoms with Crippen LogP contribution in [0.15, 0.2) is 0 Å². The number of nitrogens with zero attached hydrogens (tertiary/aromatic N) is 5. The summed E-state index contributed by atoms with van der Waals surface area (Å²) in [5, 5.41) is 8.89. The van der Waals surface area contributed by atoms with Crippen LogP contribution in [0.1, 0.15) is 30.4 Å². The highest BCUT2D eigenvalue weighted by Gasteiger charge is 2.24. The van der Waals surface area contributed by atoms with Crippen molar-refractivity contribution in [1.29, 1.82) is 0 Å². The normalized spacial score (nSPS) is 26.0. The number of aromatic nitrogens is 3. The van der Waals surface area contributed by atoms with Crippen LogP contribution in [0.3, 0.4) is 0 Å². The van der Waals surface area contributed by atoms with Gasteiger partial charge in [0.2, 0.25) is 0 Å². The largest absolute Gasteiger partial charge is 0.379 e. The summed E-state index contributed by atoms with van der Waals surface area (Å²) in [7, 11) is 4.30. The minimum Gasteiger partial charge on any atom is -0.379 e. The third-order valence-electron chi connectivity index (χ3n) is 4.46. The van der Waals surface area contributed by atoms with Gasteiger partial charge in [-0.3, -0.25) is 4.90 Å². The number of ether oxygens (including phenoxy) is 1. The van der Waals surface area contributed by atoms with Crippen LogP contribution in [0.2, 0.25) is 0 Å². The molecule has 112 valence electrons. The summed E-state index contributed by atoms with van der Waals surface area (Å²) < 4.78 is 7.60. The molecule has 1 unspecified atom stereocenters. The number of piperidine rings is 1. The molecule has 0 aromatic carbocycles. The van der Waals surface area contributed by atoms with Crippen molar-refractivity contribution < 1.29 is 4.74 Å². The van der Waals surface area contributed by atoms with E-state index < -0.39 is 0 Å². The molecule has 3 rings (SSSR count). The fraction of sp³-hybridized carbons (Fsp3) is 0.857. The molecule has 6 heteroatoms. The minimum absolute atomic E-state index is 0.532. The topological polar surface area (TPSA) is 46.4 Å². The average Bonchev–Trinajstić information content (AvgIpc) is 2.81. The van der Waals surface area contributed by atoms with Crippen LogP contribution in [-0.2, 0) is 18.3 Å².